The predicted molar refractivity (Wildman–Crippen MR) is 50.9 cm³/mol. The first-order valence-electron chi connectivity index (χ1n) is 5.08. The van der Waals surface area contributed by atoms with E-state index in [-0.39, 0.29) is 12.4 Å². The van der Waals surface area contributed by atoms with E-state index in [9.17, 15) is 5.11 Å². The number of rotatable bonds is 4. The van der Waals surface area contributed by atoms with Crippen molar-refractivity contribution in [2.45, 2.75) is 18.9 Å². The Morgan fingerprint density at radius 3 is 3.13 bits per heavy atom. The molecule has 0 aliphatic carbocycles. The van der Waals surface area contributed by atoms with Gasteiger partial charge in [0.1, 0.15) is 6.10 Å². The first-order chi connectivity index (χ1) is 7.29. The number of aromatic nitrogens is 2. The van der Waals surface area contributed by atoms with Crippen molar-refractivity contribution in [1.82, 2.24) is 10.1 Å². The maximum atomic E-state index is 9.36. The third-order valence-corrected chi connectivity index (χ3v) is 2.49. The van der Waals surface area contributed by atoms with Crippen LogP contribution in [0.4, 0.5) is 0 Å². The fourth-order valence-electron chi connectivity index (χ4n) is 1.59. The van der Waals surface area contributed by atoms with E-state index in [0.29, 0.717) is 11.7 Å². The summed E-state index contributed by atoms with van der Waals surface area (Å²) in [7, 11) is 0. The number of hydrogen-bond acceptors (Lipinski definition) is 6. The molecule has 1 aliphatic rings. The van der Waals surface area contributed by atoms with E-state index in [2.05, 4.69) is 10.1 Å². The molecule has 0 bridgehead atoms. The van der Waals surface area contributed by atoms with Gasteiger partial charge in [0, 0.05) is 26.2 Å². The summed E-state index contributed by atoms with van der Waals surface area (Å²) < 4.78 is 10.1. The fraction of sp³-hybridized carbons (Fsp3) is 0.778. The highest BCUT2D eigenvalue weighted by atomic mass is 16.5. The van der Waals surface area contributed by atoms with Gasteiger partial charge in [0.25, 0.3) is 5.89 Å². The van der Waals surface area contributed by atoms with Gasteiger partial charge < -0.3 is 20.1 Å². The predicted octanol–water partition coefficient (Wildman–Crippen LogP) is -0.359. The second-order valence-corrected chi connectivity index (χ2v) is 3.73. The van der Waals surface area contributed by atoms with Crippen LogP contribution in [-0.2, 0) is 11.2 Å². The van der Waals surface area contributed by atoms with Crippen LogP contribution in [0.5, 0.6) is 0 Å². The quantitative estimate of drug-likeness (QED) is 0.709. The molecule has 0 saturated carbocycles. The standard InChI is InChI=1S/C9H15N3O3/c10-4-7(13)9-11-8(12-15-9)3-6-1-2-14-5-6/h6-7,13H,1-5,10H2. The first-order valence-corrected chi connectivity index (χ1v) is 5.08. The minimum atomic E-state index is -0.855. The molecule has 1 saturated heterocycles. The van der Waals surface area contributed by atoms with Gasteiger partial charge in [0.05, 0.1) is 0 Å². The van der Waals surface area contributed by atoms with E-state index in [1.54, 1.807) is 0 Å². The second kappa shape index (κ2) is 4.69. The normalized spacial score (nSPS) is 23.2. The zero-order valence-corrected chi connectivity index (χ0v) is 8.43. The highest BCUT2D eigenvalue weighted by Gasteiger charge is 2.20. The number of nitrogens with zero attached hydrogens (tertiary/aromatic N) is 2. The van der Waals surface area contributed by atoms with Gasteiger partial charge in [0.15, 0.2) is 5.82 Å². The van der Waals surface area contributed by atoms with E-state index >= 15 is 0 Å². The van der Waals surface area contributed by atoms with Crippen LogP contribution in [0.1, 0.15) is 24.2 Å². The van der Waals surface area contributed by atoms with Crippen LogP contribution in [-0.4, -0.2) is 35.0 Å². The average Bonchev–Trinajstić information content (AvgIpc) is 2.88. The van der Waals surface area contributed by atoms with Crippen molar-refractivity contribution in [3.05, 3.63) is 11.7 Å². The van der Waals surface area contributed by atoms with Gasteiger partial charge in [-0.25, -0.2) is 0 Å². The lowest BCUT2D eigenvalue weighted by Gasteiger charge is -2.01. The molecule has 3 N–H and O–H groups in total. The van der Waals surface area contributed by atoms with Crippen molar-refractivity contribution in [3.63, 3.8) is 0 Å². The molecular formula is C9H15N3O3. The van der Waals surface area contributed by atoms with Crippen LogP contribution in [0.2, 0.25) is 0 Å². The Morgan fingerprint density at radius 1 is 1.60 bits per heavy atom. The van der Waals surface area contributed by atoms with Crippen LogP contribution >= 0.6 is 0 Å². The van der Waals surface area contributed by atoms with Crippen molar-refractivity contribution in [3.8, 4) is 0 Å². The smallest absolute Gasteiger partial charge is 0.256 e. The lowest BCUT2D eigenvalue weighted by Crippen LogP contribution is -2.12. The Kier molecular flexibility index (Phi) is 3.30. The lowest BCUT2D eigenvalue weighted by atomic mass is 10.1. The Labute approximate surface area is 87.4 Å². The van der Waals surface area contributed by atoms with Crippen molar-refractivity contribution in [2.75, 3.05) is 19.8 Å². The molecule has 0 radical (unpaired) electrons. The number of aliphatic hydroxyl groups excluding tert-OH is 1. The minimum absolute atomic E-state index is 0.0914. The fourth-order valence-corrected chi connectivity index (χ4v) is 1.59. The lowest BCUT2D eigenvalue weighted by molar-refractivity contribution is 0.141. The summed E-state index contributed by atoms with van der Waals surface area (Å²) >= 11 is 0. The SMILES string of the molecule is NCC(O)c1nc(CC2CCOC2)no1. The van der Waals surface area contributed by atoms with Crippen molar-refractivity contribution in [1.29, 1.82) is 0 Å². The van der Waals surface area contributed by atoms with Gasteiger partial charge in [-0.15, -0.1) is 0 Å². The van der Waals surface area contributed by atoms with Crippen LogP contribution < -0.4 is 5.73 Å². The van der Waals surface area contributed by atoms with Crippen molar-refractivity contribution in [2.24, 2.45) is 11.7 Å². The van der Waals surface area contributed by atoms with Gasteiger partial charge in [-0.05, 0) is 12.3 Å². The summed E-state index contributed by atoms with van der Waals surface area (Å²) in [6.45, 7) is 1.65. The van der Waals surface area contributed by atoms with E-state index in [1.165, 1.54) is 0 Å². The number of aliphatic hydroxyl groups is 1. The molecule has 15 heavy (non-hydrogen) atoms. The Bertz CT molecular complexity index is 309. The molecule has 2 heterocycles. The van der Waals surface area contributed by atoms with Gasteiger partial charge in [0.2, 0.25) is 0 Å². The van der Waals surface area contributed by atoms with Gasteiger partial charge in [-0.3, -0.25) is 0 Å². The Balaban J connectivity index is 1.94. The number of ether oxygens (including phenoxy) is 1. The molecule has 6 heteroatoms. The number of nitrogens with two attached hydrogens (primary N) is 1. The third kappa shape index (κ3) is 2.53. The van der Waals surface area contributed by atoms with Gasteiger partial charge in [-0.1, -0.05) is 5.16 Å². The maximum Gasteiger partial charge on any atom is 0.256 e. The zero-order chi connectivity index (χ0) is 10.7. The molecule has 1 aliphatic heterocycles. The number of hydrogen-bond donors (Lipinski definition) is 2. The molecule has 1 aromatic heterocycles. The van der Waals surface area contributed by atoms with E-state index in [0.717, 1.165) is 26.1 Å². The Hall–Kier alpha value is -0.980. The molecule has 2 atom stereocenters. The van der Waals surface area contributed by atoms with Crippen LogP contribution in [0.25, 0.3) is 0 Å². The molecule has 1 aromatic rings. The van der Waals surface area contributed by atoms with Crippen LogP contribution in [0.3, 0.4) is 0 Å². The zero-order valence-electron chi connectivity index (χ0n) is 8.43. The molecule has 0 aromatic carbocycles. The monoisotopic (exact) mass is 213 g/mol. The summed E-state index contributed by atoms with van der Waals surface area (Å²) in [4.78, 5) is 4.08. The molecule has 0 spiro atoms. The van der Waals surface area contributed by atoms with Crippen LogP contribution in [0.15, 0.2) is 4.52 Å². The topological polar surface area (TPSA) is 94.4 Å². The van der Waals surface area contributed by atoms with E-state index in [1.807, 2.05) is 0 Å². The molecule has 2 unspecified atom stereocenters. The summed E-state index contributed by atoms with van der Waals surface area (Å²) in [5.74, 6) is 1.28. The van der Waals surface area contributed by atoms with Gasteiger partial charge in [-0.2, -0.15) is 4.98 Å². The second-order valence-electron chi connectivity index (χ2n) is 3.73. The summed E-state index contributed by atoms with van der Waals surface area (Å²) in [6.07, 6.45) is 0.912. The van der Waals surface area contributed by atoms with Gasteiger partial charge >= 0.3 is 0 Å². The maximum absolute atomic E-state index is 9.36. The molecule has 6 nitrogen and oxygen atoms in total. The molecule has 2 rings (SSSR count). The molecular weight excluding hydrogens is 198 g/mol. The molecule has 0 amide bonds. The summed E-state index contributed by atoms with van der Waals surface area (Å²) in [6, 6.07) is 0. The van der Waals surface area contributed by atoms with Crippen molar-refractivity contribution < 1.29 is 14.4 Å². The first kappa shape index (κ1) is 10.5. The summed E-state index contributed by atoms with van der Waals surface area (Å²) in [5, 5.41) is 13.1. The van der Waals surface area contributed by atoms with E-state index < -0.39 is 6.10 Å². The highest BCUT2D eigenvalue weighted by Crippen LogP contribution is 2.17. The molecule has 84 valence electrons. The highest BCUT2D eigenvalue weighted by molar-refractivity contribution is 4.92. The third-order valence-electron chi connectivity index (χ3n) is 2.49. The molecule has 1 fully saturated rings. The van der Waals surface area contributed by atoms with Crippen LogP contribution in [0, 0.1) is 5.92 Å². The van der Waals surface area contributed by atoms with E-state index in [4.69, 9.17) is 15.0 Å². The van der Waals surface area contributed by atoms with Crippen molar-refractivity contribution >= 4 is 0 Å². The summed E-state index contributed by atoms with van der Waals surface area (Å²) in [5.41, 5.74) is 5.28. The Morgan fingerprint density at radius 2 is 2.47 bits per heavy atom. The minimum Gasteiger partial charge on any atom is -0.382 e. The largest absolute Gasteiger partial charge is 0.382 e. The average molecular weight is 213 g/mol.